The predicted octanol–water partition coefficient (Wildman–Crippen LogP) is 15.0. The summed E-state index contributed by atoms with van der Waals surface area (Å²) in [6.45, 7) is 0. The molecule has 62 heavy (non-hydrogen) atoms. The van der Waals surface area contributed by atoms with Crippen molar-refractivity contribution in [2.24, 2.45) is 0 Å². The molecule has 12 rings (SSSR count). The van der Waals surface area contributed by atoms with Crippen LogP contribution in [0.25, 0.3) is 111 Å². The van der Waals surface area contributed by atoms with Crippen LogP contribution in [0.1, 0.15) is 0 Å². The van der Waals surface area contributed by atoms with Crippen molar-refractivity contribution >= 4 is 43.6 Å². The molecular weight excluding hydrogens is 753 g/mol. The van der Waals surface area contributed by atoms with Gasteiger partial charge >= 0.3 is 0 Å². The maximum Gasteiger partial charge on any atom is 0.234 e. The minimum Gasteiger partial charge on any atom is -0.309 e. The number of benzene rings is 9. The number of para-hydroxylation sites is 2. The van der Waals surface area contributed by atoms with Crippen molar-refractivity contribution in [2.45, 2.75) is 0 Å². The molecule has 0 radical (unpaired) electrons. The number of nitrogens with zero attached hydrogens (tertiary/aromatic N) is 4. The first-order valence-corrected chi connectivity index (χ1v) is 21.0. The molecule has 0 amide bonds. The highest BCUT2D eigenvalue weighted by atomic mass is 15.1. The molecule has 0 saturated carbocycles. The van der Waals surface area contributed by atoms with Crippen LogP contribution in [0.5, 0.6) is 0 Å². The van der Waals surface area contributed by atoms with Crippen LogP contribution in [0.2, 0.25) is 0 Å². The van der Waals surface area contributed by atoms with Gasteiger partial charge in [0.15, 0.2) is 0 Å². The number of hydrogen-bond donors (Lipinski definition) is 0. The molecule has 0 bridgehead atoms. The van der Waals surface area contributed by atoms with Gasteiger partial charge < -0.3 is 4.57 Å². The van der Waals surface area contributed by atoms with Crippen molar-refractivity contribution in [2.75, 3.05) is 0 Å². The topological polar surface area (TPSA) is 35.6 Å². The number of rotatable bonds is 7. The fourth-order valence-corrected chi connectivity index (χ4v) is 9.21. The summed E-state index contributed by atoms with van der Waals surface area (Å²) < 4.78 is 4.57. The monoisotopic (exact) mass is 790 g/mol. The van der Waals surface area contributed by atoms with E-state index in [-0.39, 0.29) is 0 Å². The van der Waals surface area contributed by atoms with Crippen LogP contribution >= 0.6 is 0 Å². The largest absolute Gasteiger partial charge is 0.309 e. The fraction of sp³-hybridized carbons (Fsp3) is 0. The summed E-state index contributed by atoms with van der Waals surface area (Å²) in [7, 11) is 0. The Balaban J connectivity index is 0.926. The van der Waals surface area contributed by atoms with Gasteiger partial charge in [0.05, 0.1) is 22.1 Å². The van der Waals surface area contributed by atoms with Gasteiger partial charge in [0.1, 0.15) is 0 Å². The van der Waals surface area contributed by atoms with Crippen LogP contribution in [0.15, 0.2) is 231 Å². The van der Waals surface area contributed by atoms with Crippen LogP contribution in [-0.4, -0.2) is 19.1 Å². The molecule has 0 fully saturated rings. The van der Waals surface area contributed by atoms with Crippen LogP contribution in [-0.2, 0) is 0 Å². The lowest BCUT2D eigenvalue weighted by atomic mass is 9.97. The zero-order valence-corrected chi connectivity index (χ0v) is 33.7. The van der Waals surface area contributed by atoms with E-state index in [4.69, 9.17) is 9.97 Å². The number of fused-ring (bicyclic) bond motifs is 6. The Hall–Kier alpha value is -8.34. The molecule has 4 nitrogen and oxygen atoms in total. The Morgan fingerprint density at radius 2 is 0.613 bits per heavy atom. The summed E-state index contributed by atoms with van der Waals surface area (Å²) in [6, 6.07) is 78.3. The van der Waals surface area contributed by atoms with Crippen LogP contribution in [0.3, 0.4) is 0 Å². The van der Waals surface area contributed by atoms with Gasteiger partial charge in [-0.3, -0.25) is 4.57 Å². The van der Waals surface area contributed by atoms with Crippen LogP contribution in [0.4, 0.5) is 0 Å². The molecule has 0 aliphatic heterocycles. The van der Waals surface area contributed by atoms with Gasteiger partial charge in [-0.15, -0.1) is 0 Å². The zero-order valence-electron chi connectivity index (χ0n) is 33.7. The van der Waals surface area contributed by atoms with Gasteiger partial charge in [-0.1, -0.05) is 152 Å². The van der Waals surface area contributed by atoms with Crippen molar-refractivity contribution in [1.29, 1.82) is 0 Å². The summed E-state index contributed by atoms with van der Waals surface area (Å²) in [5.41, 5.74) is 17.2. The molecule has 0 saturated heterocycles. The van der Waals surface area contributed by atoms with Gasteiger partial charge in [-0.25, -0.2) is 9.97 Å². The molecule has 0 aliphatic rings. The first-order valence-electron chi connectivity index (χ1n) is 21.0. The highest BCUT2D eigenvalue weighted by Gasteiger charge is 2.18. The highest BCUT2D eigenvalue weighted by molar-refractivity contribution is 6.13. The molecule has 4 heteroatoms. The smallest absolute Gasteiger partial charge is 0.234 e. The number of hydrogen-bond acceptors (Lipinski definition) is 2. The Kier molecular flexibility index (Phi) is 8.46. The molecule has 0 atom stereocenters. The van der Waals surface area contributed by atoms with E-state index in [1.807, 2.05) is 12.4 Å². The maximum absolute atomic E-state index is 5.00. The minimum absolute atomic E-state index is 0.642. The van der Waals surface area contributed by atoms with E-state index >= 15 is 0 Å². The van der Waals surface area contributed by atoms with Crippen molar-refractivity contribution in [3.63, 3.8) is 0 Å². The summed E-state index contributed by atoms with van der Waals surface area (Å²) in [4.78, 5) is 10.0. The van der Waals surface area contributed by atoms with Crippen LogP contribution < -0.4 is 0 Å². The average molecular weight is 791 g/mol. The Morgan fingerprint density at radius 3 is 1.16 bits per heavy atom. The third-order valence-electron chi connectivity index (χ3n) is 12.2. The Bertz CT molecular complexity index is 3600. The summed E-state index contributed by atoms with van der Waals surface area (Å²) >= 11 is 0. The van der Waals surface area contributed by atoms with Gasteiger partial charge in [0.2, 0.25) is 5.95 Å². The molecule has 0 N–H and O–H groups in total. The molecule has 0 unspecified atom stereocenters. The molecular formula is C58H38N4. The third-order valence-corrected chi connectivity index (χ3v) is 12.2. The molecule has 12 aromatic rings. The lowest BCUT2D eigenvalue weighted by molar-refractivity contribution is 0.990. The summed E-state index contributed by atoms with van der Waals surface area (Å²) in [5.74, 6) is 0.642. The lowest BCUT2D eigenvalue weighted by Gasteiger charge is -2.10. The molecule has 0 aliphatic carbocycles. The van der Waals surface area contributed by atoms with E-state index < -0.39 is 0 Å². The van der Waals surface area contributed by atoms with Crippen molar-refractivity contribution in [3.8, 4) is 67.3 Å². The first kappa shape index (κ1) is 35.6. The average Bonchev–Trinajstić information content (AvgIpc) is 3.87. The molecule has 3 heterocycles. The van der Waals surface area contributed by atoms with E-state index in [1.165, 1.54) is 55.2 Å². The first-order chi connectivity index (χ1) is 30.7. The van der Waals surface area contributed by atoms with Gasteiger partial charge in [0.25, 0.3) is 0 Å². The van der Waals surface area contributed by atoms with E-state index in [1.54, 1.807) is 0 Å². The molecule has 290 valence electrons. The standard InChI is InChI=1S/C58H38N4/c1-4-14-39(15-5-1)41-18-12-19-42(32-41)43-20-13-21-44(33-43)48-37-59-58(60-38-48)62-54-25-11-10-24-50(54)51-35-46(28-31-57(51)62)47-27-30-56-53(36-47)52-34-45(40-16-6-2-7-17-40)26-29-55(52)61(56)49-22-8-3-9-23-49/h1-38H. The van der Waals surface area contributed by atoms with Crippen LogP contribution in [0, 0.1) is 0 Å². The quantitative estimate of drug-likeness (QED) is 0.161. The predicted molar refractivity (Wildman–Crippen MR) is 258 cm³/mol. The third kappa shape index (κ3) is 6.08. The second kappa shape index (κ2) is 14.7. The SMILES string of the molecule is c1ccc(-c2cccc(-c3cccc(-c4cnc(-n5c6ccccc6c6cc(-c7ccc8c(c7)c7cc(-c9ccccc9)ccc7n8-c7ccccc7)ccc65)nc4)c3)c2)cc1. The molecule has 3 aromatic heterocycles. The highest BCUT2D eigenvalue weighted by Crippen LogP contribution is 2.39. The van der Waals surface area contributed by atoms with E-state index in [0.29, 0.717) is 5.95 Å². The Morgan fingerprint density at radius 1 is 0.242 bits per heavy atom. The molecule has 0 spiro atoms. The van der Waals surface area contributed by atoms with Gasteiger partial charge in [-0.2, -0.15) is 0 Å². The minimum atomic E-state index is 0.642. The summed E-state index contributed by atoms with van der Waals surface area (Å²) in [5, 5.41) is 4.78. The van der Waals surface area contributed by atoms with Crippen molar-refractivity contribution in [1.82, 2.24) is 19.1 Å². The Labute approximate surface area is 359 Å². The van der Waals surface area contributed by atoms with Crippen molar-refractivity contribution in [3.05, 3.63) is 231 Å². The fourth-order valence-electron chi connectivity index (χ4n) is 9.21. The van der Waals surface area contributed by atoms with E-state index in [9.17, 15) is 0 Å². The summed E-state index contributed by atoms with van der Waals surface area (Å²) in [6.07, 6.45) is 3.89. The second-order valence-electron chi connectivity index (χ2n) is 15.9. The van der Waals surface area contributed by atoms with Gasteiger partial charge in [0, 0.05) is 45.2 Å². The lowest BCUT2D eigenvalue weighted by Crippen LogP contribution is -2.00. The maximum atomic E-state index is 5.00. The van der Waals surface area contributed by atoms with E-state index in [2.05, 4.69) is 228 Å². The second-order valence-corrected chi connectivity index (χ2v) is 15.9. The number of aromatic nitrogens is 4. The molecule has 9 aromatic carbocycles. The van der Waals surface area contributed by atoms with Crippen molar-refractivity contribution < 1.29 is 0 Å². The zero-order chi connectivity index (χ0) is 41.0. The normalized spacial score (nSPS) is 11.5. The van der Waals surface area contributed by atoms with E-state index in [0.717, 1.165) is 49.7 Å². The van der Waals surface area contributed by atoms with Gasteiger partial charge in [-0.05, 0) is 117 Å².